The molecule has 0 radical (unpaired) electrons. The lowest BCUT2D eigenvalue weighted by Gasteiger charge is -2.23. The summed E-state index contributed by atoms with van der Waals surface area (Å²) in [5.74, 6) is -1.33. The number of aromatic nitrogens is 2. The van der Waals surface area contributed by atoms with E-state index >= 15 is 0 Å². The summed E-state index contributed by atoms with van der Waals surface area (Å²) in [7, 11) is -0.813. The molecule has 0 bridgehead atoms. The summed E-state index contributed by atoms with van der Waals surface area (Å²) < 4.78 is 55.4. The van der Waals surface area contributed by atoms with Crippen LogP contribution in [0.3, 0.4) is 0 Å². The molecule has 166 valence electrons. The second kappa shape index (κ2) is 8.24. The summed E-state index contributed by atoms with van der Waals surface area (Å²) in [5.41, 5.74) is -0.0406. The highest BCUT2D eigenvalue weighted by Gasteiger charge is 2.30. The molecule has 0 N–H and O–H groups in total. The van der Waals surface area contributed by atoms with Gasteiger partial charge in [0.25, 0.3) is 0 Å². The van der Waals surface area contributed by atoms with E-state index in [0.29, 0.717) is 5.69 Å². The van der Waals surface area contributed by atoms with Gasteiger partial charge in [-0.2, -0.15) is 10.2 Å². The van der Waals surface area contributed by atoms with Crippen LogP contribution in [0, 0.1) is 11.6 Å². The minimum atomic E-state index is -3.67. The van der Waals surface area contributed by atoms with E-state index in [9.17, 15) is 22.0 Å². The van der Waals surface area contributed by atoms with Crippen LogP contribution in [-0.4, -0.2) is 42.8 Å². The van der Waals surface area contributed by atoms with Gasteiger partial charge in [0.15, 0.2) is 0 Å². The Morgan fingerprint density at radius 3 is 2.62 bits per heavy atom. The van der Waals surface area contributed by atoms with Gasteiger partial charge in [-0.05, 0) is 30.3 Å². The van der Waals surface area contributed by atoms with Gasteiger partial charge in [0.1, 0.15) is 23.4 Å². The fraction of sp³-hybridized carbons (Fsp3) is 0.190. The molecule has 0 aliphatic carbocycles. The molecule has 1 aliphatic rings. The van der Waals surface area contributed by atoms with Gasteiger partial charge in [-0.25, -0.2) is 26.2 Å². The van der Waals surface area contributed by atoms with Crippen molar-refractivity contribution in [2.24, 2.45) is 5.10 Å². The summed E-state index contributed by atoms with van der Waals surface area (Å²) in [5, 5.41) is 9.70. The number of hydrogen-bond acceptors (Lipinski definition) is 6. The van der Waals surface area contributed by atoms with E-state index in [4.69, 9.17) is 0 Å². The van der Waals surface area contributed by atoms with Crippen LogP contribution in [0.5, 0.6) is 0 Å². The van der Waals surface area contributed by atoms with Crippen LogP contribution in [0.15, 0.2) is 69.5 Å². The topological polar surface area (TPSA) is 87.9 Å². The van der Waals surface area contributed by atoms with Gasteiger partial charge < -0.3 is 0 Å². The number of halogens is 2. The maximum atomic E-state index is 14.3. The average Bonchev–Trinajstić information content (AvgIpc) is 3.25. The zero-order valence-corrected chi connectivity index (χ0v) is 18.0. The van der Waals surface area contributed by atoms with Crippen LogP contribution < -0.4 is 10.4 Å². The Kier molecular flexibility index (Phi) is 5.61. The molecule has 3 aromatic rings. The lowest BCUT2D eigenvalue weighted by atomic mass is 10.1. The van der Waals surface area contributed by atoms with Gasteiger partial charge in [-0.1, -0.05) is 6.07 Å². The smallest absolute Gasteiger partial charge is 0.242 e. The van der Waals surface area contributed by atoms with Gasteiger partial charge in [0.05, 0.1) is 16.3 Å². The summed E-state index contributed by atoms with van der Waals surface area (Å²) in [6.07, 6.45) is 3.17. The quantitative estimate of drug-likeness (QED) is 0.586. The van der Waals surface area contributed by atoms with Crippen molar-refractivity contribution in [3.05, 3.63) is 82.3 Å². The second-order valence-electron chi connectivity index (χ2n) is 7.28. The fourth-order valence-corrected chi connectivity index (χ4v) is 4.27. The molecule has 11 heteroatoms. The Bertz CT molecular complexity index is 1370. The molecule has 0 saturated heterocycles. The molecule has 8 nitrogen and oxygen atoms in total. The van der Waals surface area contributed by atoms with E-state index < -0.39 is 33.1 Å². The predicted octanol–water partition coefficient (Wildman–Crippen LogP) is 2.70. The molecule has 1 unspecified atom stereocenters. The highest BCUT2D eigenvalue weighted by molar-refractivity contribution is 7.89. The molecule has 1 aromatic heterocycles. The minimum Gasteiger partial charge on any atom is -0.288 e. The number of anilines is 1. The summed E-state index contributed by atoms with van der Waals surface area (Å²) in [4.78, 5) is 12.7. The number of rotatable bonds is 5. The van der Waals surface area contributed by atoms with Gasteiger partial charge in [0, 0.05) is 45.1 Å². The molecule has 2 aromatic carbocycles. The summed E-state index contributed by atoms with van der Waals surface area (Å²) in [6, 6.07) is 9.63. The monoisotopic (exact) mass is 459 g/mol. The van der Waals surface area contributed by atoms with E-state index in [-0.39, 0.29) is 22.7 Å². The molecular formula is C21H19F2N5O3S. The third kappa shape index (κ3) is 3.92. The predicted molar refractivity (Wildman–Crippen MR) is 115 cm³/mol. The molecule has 0 spiro atoms. The van der Waals surface area contributed by atoms with E-state index in [1.165, 1.54) is 54.4 Å². The zero-order valence-electron chi connectivity index (χ0n) is 17.2. The van der Waals surface area contributed by atoms with Crippen LogP contribution in [0.2, 0.25) is 0 Å². The molecule has 1 atom stereocenters. The lowest BCUT2D eigenvalue weighted by molar-refractivity contribution is 0.520. The van der Waals surface area contributed by atoms with Crippen LogP contribution in [-0.2, 0) is 10.0 Å². The number of hydrazone groups is 1. The Morgan fingerprint density at radius 1 is 1.09 bits per heavy atom. The van der Waals surface area contributed by atoms with E-state index in [1.54, 1.807) is 12.1 Å². The van der Waals surface area contributed by atoms with Gasteiger partial charge in [0.2, 0.25) is 15.5 Å². The van der Waals surface area contributed by atoms with Crippen molar-refractivity contribution in [1.29, 1.82) is 0 Å². The van der Waals surface area contributed by atoms with Crippen molar-refractivity contribution in [3.8, 4) is 5.69 Å². The maximum Gasteiger partial charge on any atom is 0.242 e. The number of nitrogens with zero attached hydrogens (tertiary/aromatic N) is 5. The van der Waals surface area contributed by atoms with Crippen molar-refractivity contribution in [3.63, 3.8) is 0 Å². The van der Waals surface area contributed by atoms with Crippen molar-refractivity contribution >= 4 is 21.9 Å². The van der Waals surface area contributed by atoms with Gasteiger partial charge in [-0.15, -0.1) is 0 Å². The van der Waals surface area contributed by atoms with Crippen LogP contribution in [0.4, 0.5) is 14.5 Å². The molecule has 0 amide bonds. The Labute approximate surface area is 183 Å². The second-order valence-corrected chi connectivity index (χ2v) is 9.44. The van der Waals surface area contributed by atoms with Crippen molar-refractivity contribution in [2.45, 2.75) is 17.4 Å². The molecule has 32 heavy (non-hydrogen) atoms. The van der Waals surface area contributed by atoms with E-state index in [1.807, 2.05) is 0 Å². The Morgan fingerprint density at radius 2 is 1.88 bits per heavy atom. The summed E-state index contributed by atoms with van der Waals surface area (Å²) in [6.45, 7) is 0. The number of benzene rings is 2. The third-order valence-corrected chi connectivity index (χ3v) is 6.81. The van der Waals surface area contributed by atoms with Gasteiger partial charge >= 0.3 is 0 Å². The maximum absolute atomic E-state index is 14.3. The van der Waals surface area contributed by atoms with Crippen molar-refractivity contribution < 1.29 is 17.2 Å². The first kappa shape index (κ1) is 21.8. The van der Waals surface area contributed by atoms with E-state index in [2.05, 4.69) is 10.2 Å². The molecule has 0 fully saturated rings. The normalized spacial score (nSPS) is 16.2. The largest absolute Gasteiger partial charge is 0.288 e. The van der Waals surface area contributed by atoms with Gasteiger partial charge in [-0.3, -0.25) is 9.80 Å². The summed E-state index contributed by atoms with van der Waals surface area (Å²) >= 11 is 0. The standard InChI is InChI=1S/C21H19F2N5O3S/c1-26(2)32(30,31)16-5-3-4-15(13-16)27-11-9-20(29)21(25-27)18-8-10-24-28(18)19-12-14(22)6-7-17(19)23/h3-7,9-13,18H,8H2,1-2H3. The zero-order chi connectivity index (χ0) is 23.0. The Balaban J connectivity index is 1.76. The molecule has 4 rings (SSSR count). The molecular weight excluding hydrogens is 440 g/mol. The first-order valence-corrected chi connectivity index (χ1v) is 11.0. The number of sulfonamides is 1. The Hall–Kier alpha value is -3.44. The van der Waals surface area contributed by atoms with Crippen molar-refractivity contribution in [1.82, 2.24) is 14.1 Å². The SMILES string of the molecule is CN(C)S(=O)(=O)c1cccc(-n2ccc(=O)c(C3CC=NN3c3cc(F)ccc3F)n2)c1. The fourth-order valence-electron chi connectivity index (χ4n) is 3.33. The highest BCUT2D eigenvalue weighted by atomic mass is 32.2. The molecule has 2 heterocycles. The highest BCUT2D eigenvalue weighted by Crippen LogP contribution is 2.33. The molecule has 1 aliphatic heterocycles. The van der Waals surface area contributed by atoms with Crippen molar-refractivity contribution in [2.75, 3.05) is 19.1 Å². The van der Waals surface area contributed by atoms with E-state index in [0.717, 1.165) is 22.5 Å². The minimum absolute atomic E-state index is 0.0644. The number of hydrogen-bond donors (Lipinski definition) is 0. The third-order valence-electron chi connectivity index (χ3n) is 5.00. The average molecular weight is 459 g/mol. The first-order chi connectivity index (χ1) is 15.2. The first-order valence-electron chi connectivity index (χ1n) is 9.58. The van der Waals surface area contributed by atoms with Crippen LogP contribution in [0.25, 0.3) is 5.69 Å². The lowest BCUT2D eigenvalue weighted by Crippen LogP contribution is -2.28. The molecule has 0 saturated carbocycles. The van der Waals surface area contributed by atoms with Crippen LogP contribution in [0.1, 0.15) is 18.2 Å². The van der Waals surface area contributed by atoms with Crippen LogP contribution >= 0.6 is 0 Å².